The number of carbonyl (C=O) groups is 2. The van der Waals surface area contributed by atoms with Crippen molar-refractivity contribution in [3.05, 3.63) is 47.9 Å². The van der Waals surface area contributed by atoms with Crippen molar-refractivity contribution in [3.8, 4) is 11.9 Å². The fourth-order valence-electron chi connectivity index (χ4n) is 2.88. The Bertz CT molecular complexity index is 967. The lowest BCUT2D eigenvalue weighted by molar-refractivity contribution is -0.192. The maximum absolute atomic E-state index is 12.5. The number of ether oxygens (including phenoxy) is 1. The molecule has 1 amide bonds. The molecule has 12 heteroatoms. The SMILES string of the molecule is CN(C)CC(=O)N1Cc2cccn2CC(Oc2ccc(C#N)cn2)C1.O=C(O)C(F)(F)F. The molecule has 1 aliphatic rings. The molecule has 0 saturated heterocycles. The number of hydrogen-bond acceptors (Lipinski definition) is 6. The van der Waals surface area contributed by atoms with Gasteiger partial charge in [-0.3, -0.25) is 4.79 Å². The minimum atomic E-state index is -5.08. The minimum Gasteiger partial charge on any atom is -0.475 e. The Morgan fingerprint density at radius 1 is 1.31 bits per heavy atom. The Kier molecular flexibility index (Phi) is 8.20. The monoisotopic (exact) mass is 453 g/mol. The third-order valence-electron chi connectivity index (χ3n) is 4.30. The van der Waals surface area contributed by atoms with Crippen LogP contribution in [0.4, 0.5) is 13.2 Å². The average Bonchev–Trinajstić information content (AvgIpc) is 3.06. The lowest BCUT2D eigenvalue weighted by atomic mass is 10.3. The third kappa shape index (κ3) is 7.28. The third-order valence-corrected chi connectivity index (χ3v) is 4.30. The molecule has 172 valence electrons. The summed E-state index contributed by atoms with van der Waals surface area (Å²) < 4.78 is 39.8. The molecule has 0 spiro atoms. The van der Waals surface area contributed by atoms with E-state index in [4.69, 9.17) is 19.9 Å². The van der Waals surface area contributed by atoms with Crippen molar-refractivity contribution >= 4 is 11.9 Å². The van der Waals surface area contributed by atoms with Crippen LogP contribution in [0.2, 0.25) is 0 Å². The van der Waals surface area contributed by atoms with Gasteiger partial charge in [0.25, 0.3) is 0 Å². The number of alkyl halides is 3. The highest BCUT2D eigenvalue weighted by molar-refractivity contribution is 5.78. The summed E-state index contributed by atoms with van der Waals surface area (Å²) in [6, 6.07) is 9.40. The van der Waals surface area contributed by atoms with Crippen LogP contribution >= 0.6 is 0 Å². The summed E-state index contributed by atoms with van der Waals surface area (Å²) in [4.78, 5) is 29.3. The molecule has 0 aromatic carbocycles. The highest BCUT2D eigenvalue weighted by atomic mass is 19.4. The van der Waals surface area contributed by atoms with Crippen LogP contribution in [0.5, 0.6) is 5.88 Å². The first-order chi connectivity index (χ1) is 15.0. The van der Waals surface area contributed by atoms with Gasteiger partial charge in [-0.1, -0.05) is 0 Å². The second-order valence-corrected chi connectivity index (χ2v) is 7.20. The Morgan fingerprint density at radius 2 is 2.00 bits per heavy atom. The number of likely N-dealkylation sites (N-methyl/N-ethyl adjacent to an activating group) is 1. The van der Waals surface area contributed by atoms with Crippen molar-refractivity contribution in [3.63, 3.8) is 0 Å². The number of nitriles is 1. The second kappa shape index (κ2) is 10.6. The number of hydrogen-bond donors (Lipinski definition) is 1. The van der Waals surface area contributed by atoms with Crippen molar-refractivity contribution < 1.29 is 32.6 Å². The zero-order chi connectivity index (χ0) is 23.9. The van der Waals surface area contributed by atoms with Crippen molar-refractivity contribution in [1.29, 1.82) is 5.26 Å². The number of carboxylic acid groups (broad SMARTS) is 1. The molecule has 9 nitrogen and oxygen atoms in total. The first kappa shape index (κ1) is 24.7. The predicted octanol–water partition coefficient (Wildman–Crippen LogP) is 1.74. The zero-order valence-electron chi connectivity index (χ0n) is 17.4. The molecule has 3 heterocycles. The molecular weight excluding hydrogens is 431 g/mol. The lowest BCUT2D eigenvalue weighted by Gasteiger charge is -2.25. The Labute approximate surface area is 182 Å². The molecule has 2 aromatic heterocycles. The highest BCUT2D eigenvalue weighted by Crippen LogP contribution is 2.18. The van der Waals surface area contributed by atoms with E-state index in [9.17, 15) is 18.0 Å². The van der Waals surface area contributed by atoms with Crippen molar-refractivity contribution in [2.75, 3.05) is 27.2 Å². The number of carboxylic acids is 1. The molecular formula is C20H22F3N5O4. The first-order valence-electron chi connectivity index (χ1n) is 9.39. The summed E-state index contributed by atoms with van der Waals surface area (Å²) >= 11 is 0. The number of carbonyl (C=O) groups excluding carboxylic acids is 1. The van der Waals surface area contributed by atoms with Crippen LogP contribution in [-0.2, 0) is 22.7 Å². The summed E-state index contributed by atoms with van der Waals surface area (Å²) in [5, 5.41) is 16.0. The van der Waals surface area contributed by atoms with Gasteiger partial charge >= 0.3 is 12.1 Å². The number of amides is 1. The summed E-state index contributed by atoms with van der Waals surface area (Å²) in [5.41, 5.74) is 1.58. The number of halogens is 3. The number of aliphatic carboxylic acids is 1. The van der Waals surface area contributed by atoms with Gasteiger partial charge in [0, 0.05) is 24.2 Å². The molecule has 0 bridgehead atoms. The summed E-state index contributed by atoms with van der Waals surface area (Å²) in [6.07, 6.45) is -1.81. The van der Waals surface area contributed by atoms with E-state index in [1.54, 1.807) is 12.1 Å². The number of aromatic nitrogens is 2. The molecule has 2 aromatic rings. The van der Waals surface area contributed by atoms with E-state index in [1.165, 1.54) is 6.20 Å². The van der Waals surface area contributed by atoms with Gasteiger partial charge in [-0.25, -0.2) is 9.78 Å². The van der Waals surface area contributed by atoms with Crippen LogP contribution in [0.3, 0.4) is 0 Å². The molecule has 32 heavy (non-hydrogen) atoms. The van der Waals surface area contributed by atoms with E-state index >= 15 is 0 Å². The second-order valence-electron chi connectivity index (χ2n) is 7.20. The fraction of sp³-hybridized carbons (Fsp3) is 0.400. The fourth-order valence-corrected chi connectivity index (χ4v) is 2.88. The van der Waals surface area contributed by atoms with E-state index < -0.39 is 12.1 Å². The molecule has 1 atom stereocenters. The topological polar surface area (TPSA) is 112 Å². The molecule has 1 unspecified atom stereocenters. The molecule has 1 aliphatic heterocycles. The van der Waals surface area contributed by atoms with Gasteiger partial charge < -0.3 is 24.2 Å². The number of rotatable bonds is 4. The zero-order valence-corrected chi connectivity index (χ0v) is 17.4. The quantitative estimate of drug-likeness (QED) is 0.751. The first-order valence-corrected chi connectivity index (χ1v) is 9.39. The molecule has 1 N–H and O–H groups in total. The maximum atomic E-state index is 12.5. The predicted molar refractivity (Wildman–Crippen MR) is 105 cm³/mol. The van der Waals surface area contributed by atoms with E-state index in [0.717, 1.165) is 5.69 Å². The Balaban J connectivity index is 0.000000451. The van der Waals surface area contributed by atoms with E-state index in [0.29, 0.717) is 37.6 Å². The standard InChI is InChI=1S/C18H21N5O2.C2HF3O2/c1-21(2)13-18(24)23-10-15-4-3-7-22(15)11-16(12-23)25-17-6-5-14(8-19)9-20-17;3-2(4,5)1(6)7/h3-7,9,16H,10-13H2,1-2H3;(H,6,7). The largest absolute Gasteiger partial charge is 0.490 e. The normalized spacial score (nSPS) is 15.7. The van der Waals surface area contributed by atoms with E-state index in [-0.39, 0.29) is 12.0 Å². The number of nitrogens with zero attached hydrogens (tertiary/aromatic N) is 5. The summed E-state index contributed by atoms with van der Waals surface area (Å²) in [5.74, 6) is -2.23. The lowest BCUT2D eigenvalue weighted by Crippen LogP contribution is -2.42. The van der Waals surface area contributed by atoms with E-state index in [2.05, 4.69) is 9.55 Å². The summed E-state index contributed by atoms with van der Waals surface area (Å²) in [6.45, 7) is 2.08. The average molecular weight is 453 g/mol. The van der Waals surface area contributed by atoms with Gasteiger partial charge in [0.2, 0.25) is 11.8 Å². The number of fused-ring (bicyclic) bond motifs is 1. The van der Waals surface area contributed by atoms with Gasteiger partial charge in [-0.2, -0.15) is 18.4 Å². The maximum Gasteiger partial charge on any atom is 0.490 e. The van der Waals surface area contributed by atoms with Gasteiger partial charge in [0.1, 0.15) is 12.2 Å². The van der Waals surface area contributed by atoms with Crippen LogP contribution in [-0.4, -0.2) is 75.8 Å². The van der Waals surface area contributed by atoms with Gasteiger partial charge in [-0.15, -0.1) is 0 Å². The van der Waals surface area contributed by atoms with E-state index in [1.807, 2.05) is 48.3 Å². The Morgan fingerprint density at radius 3 is 2.53 bits per heavy atom. The molecule has 0 saturated carbocycles. The molecule has 3 rings (SSSR count). The smallest absolute Gasteiger partial charge is 0.475 e. The molecule has 0 radical (unpaired) electrons. The number of pyridine rings is 1. The molecule has 0 aliphatic carbocycles. The van der Waals surface area contributed by atoms with Gasteiger partial charge in [0.05, 0.1) is 31.7 Å². The van der Waals surface area contributed by atoms with Crippen molar-refractivity contribution in [2.24, 2.45) is 0 Å². The van der Waals surface area contributed by atoms with Crippen LogP contribution in [0, 0.1) is 11.3 Å². The van der Waals surface area contributed by atoms with Crippen LogP contribution in [0.15, 0.2) is 36.7 Å². The summed E-state index contributed by atoms with van der Waals surface area (Å²) in [7, 11) is 3.76. The Hall–Kier alpha value is -3.59. The highest BCUT2D eigenvalue weighted by Gasteiger charge is 2.38. The minimum absolute atomic E-state index is 0.0704. The van der Waals surface area contributed by atoms with Crippen LogP contribution in [0.25, 0.3) is 0 Å². The van der Waals surface area contributed by atoms with Gasteiger partial charge in [0.15, 0.2) is 0 Å². The van der Waals surface area contributed by atoms with Crippen molar-refractivity contribution in [2.45, 2.75) is 25.4 Å². The van der Waals surface area contributed by atoms with Crippen LogP contribution < -0.4 is 4.74 Å². The van der Waals surface area contributed by atoms with Gasteiger partial charge in [-0.05, 0) is 32.3 Å². The van der Waals surface area contributed by atoms with Crippen LogP contribution in [0.1, 0.15) is 11.3 Å². The molecule has 0 fully saturated rings. The van der Waals surface area contributed by atoms with Crippen molar-refractivity contribution in [1.82, 2.24) is 19.4 Å².